The van der Waals surface area contributed by atoms with Crippen LogP contribution in [0.4, 0.5) is 0 Å². The van der Waals surface area contributed by atoms with Crippen LogP contribution in [0.1, 0.15) is 37.4 Å². The molecular weight excluding hydrogens is 230 g/mol. The normalized spacial score (nSPS) is 17.1. The predicted molar refractivity (Wildman–Crippen MR) is 73.2 cm³/mol. The number of nitrogens with zero attached hydrogens (tertiary/aromatic N) is 2. The minimum absolute atomic E-state index is 0.707. The van der Waals surface area contributed by atoms with Crippen molar-refractivity contribution >= 4 is 11.3 Å². The van der Waals surface area contributed by atoms with E-state index in [1.807, 2.05) is 0 Å². The Labute approximate surface area is 108 Å². The Morgan fingerprint density at radius 3 is 2.88 bits per heavy atom. The van der Waals surface area contributed by atoms with Crippen molar-refractivity contribution in [1.82, 2.24) is 15.2 Å². The summed E-state index contributed by atoms with van der Waals surface area (Å²) < 4.78 is 0. The summed E-state index contributed by atoms with van der Waals surface area (Å²) in [6.07, 6.45) is 2.71. The first-order valence-corrected chi connectivity index (χ1v) is 7.48. The molecule has 0 bridgehead atoms. The summed E-state index contributed by atoms with van der Waals surface area (Å²) in [5.41, 5.74) is 1.25. The third kappa shape index (κ3) is 4.37. The summed E-state index contributed by atoms with van der Waals surface area (Å²) in [4.78, 5) is 7.19. The summed E-state index contributed by atoms with van der Waals surface area (Å²) in [6.45, 7) is 9.99. The van der Waals surface area contributed by atoms with Crippen LogP contribution in [0, 0.1) is 5.92 Å². The first kappa shape index (κ1) is 13.0. The van der Waals surface area contributed by atoms with E-state index in [1.54, 1.807) is 11.3 Å². The van der Waals surface area contributed by atoms with E-state index in [-0.39, 0.29) is 0 Å². The second-order valence-electron chi connectivity index (χ2n) is 5.24. The second kappa shape index (κ2) is 6.47. The van der Waals surface area contributed by atoms with Crippen molar-refractivity contribution in [3.8, 4) is 0 Å². The zero-order valence-electron chi connectivity index (χ0n) is 10.9. The quantitative estimate of drug-likeness (QED) is 0.844. The van der Waals surface area contributed by atoms with Gasteiger partial charge in [0, 0.05) is 18.5 Å². The van der Waals surface area contributed by atoms with Crippen LogP contribution in [-0.2, 0) is 13.1 Å². The van der Waals surface area contributed by atoms with Crippen molar-refractivity contribution in [2.24, 2.45) is 5.92 Å². The molecule has 1 fully saturated rings. The number of aromatic nitrogens is 1. The summed E-state index contributed by atoms with van der Waals surface area (Å²) in [5, 5.41) is 6.88. The Hall–Kier alpha value is -0.450. The van der Waals surface area contributed by atoms with E-state index >= 15 is 0 Å². The highest BCUT2D eigenvalue weighted by atomic mass is 32.1. The number of nitrogens with one attached hydrogen (secondary N) is 1. The lowest BCUT2D eigenvalue weighted by atomic mass is 10.2. The molecule has 1 aliphatic heterocycles. The number of thiazole rings is 1. The SMILES string of the molecule is CC(C)CNCc1nc(CN2CCCC2)cs1. The van der Waals surface area contributed by atoms with Crippen LogP contribution in [0.5, 0.6) is 0 Å². The van der Waals surface area contributed by atoms with Crippen LogP contribution in [0.2, 0.25) is 0 Å². The number of rotatable bonds is 6. The molecule has 0 aliphatic carbocycles. The largest absolute Gasteiger partial charge is 0.310 e. The molecule has 1 aromatic rings. The van der Waals surface area contributed by atoms with Crippen LogP contribution in [-0.4, -0.2) is 29.5 Å². The summed E-state index contributed by atoms with van der Waals surface area (Å²) >= 11 is 1.78. The molecule has 0 unspecified atom stereocenters. The Bertz CT molecular complexity index is 329. The van der Waals surface area contributed by atoms with E-state index in [9.17, 15) is 0 Å². The molecule has 2 heterocycles. The zero-order valence-corrected chi connectivity index (χ0v) is 11.7. The van der Waals surface area contributed by atoms with Crippen LogP contribution < -0.4 is 5.32 Å². The highest BCUT2D eigenvalue weighted by molar-refractivity contribution is 7.09. The maximum atomic E-state index is 4.68. The molecular formula is C13H23N3S. The van der Waals surface area contributed by atoms with E-state index in [4.69, 9.17) is 0 Å². The smallest absolute Gasteiger partial charge is 0.107 e. The first-order chi connectivity index (χ1) is 8.24. The molecule has 1 aliphatic rings. The number of hydrogen-bond donors (Lipinski definition) is 1. The Morgan fingerprint density at radius 2 is 2.18 bits per heavy atom. The van der Waals surface area contributed by atoms with Crippen molar-refractivity contribution in [3.05, 3.63) is 16.1 Å². The number of hydrogen-bond acceptors (Lipinski definition) is 4. The highest BCUT2D eigenvalue weighted by Gasteiger charge is 2.13. The van der Waals surface area contributed by atoms with Gasteiger partial charge in [-0.15, -0.1) is 11.3 Å². The van der Waals surface area contributed by atoms with E-state index < -0.39 is 0 Å². The second-order valence-corrected chi connectivity index (χ2v) is 6.18. The molecule has 0 amide bonds. The lowest BCUT2D eigenvalue weighted by Gasteiger charge is -2.11. The fourth-order valence-corrected chi connectivity index (χ4v) is 2.90. The number of likely N-dealkylation sites (tertiary alicyclic amines) is 1. The molecule has 1 N–H and O–H groups in total. The minimum Gasteiger partial charge on any atom is -0.310 e. The van der Waals surface area contributed by atoms with Crippen LogP contribution in [0.3, 0.4) is 0 Å². The fourth-order valence-electron chi connectivity index (χ4n) is 2.14. The maximum absolute atomic E-state index is 4.68. The monoisotopic (exact) mass is 253 g/mol. The van der Waals surface area contributed by atoms with Gasteiger partial charge in [0.2, 0.25) is 0 Å². The molecule has 0 aromatic carbocycles. The van der Waals surface area contributed by atoms with Gasteiger partial charge in [-0.3, -0.25) is 4.90 Å². The summed E-state index contributed by atoms with van der Waals surface area (Å²) in [6, 6.07) is 0. The van der Waals surface area contributed by atoms with E-state index in [0.29, 0.717) is 5.92 Å². The molecule has 0 saturated carbocycles. The van der Waals surface area contributed by atoms with Gasteiger partial charge in [0.25, 0.3) is 0 Å². The first-order valence-electron chi connectivity index (χ1n) is 6.60. The lowest BCUT2D eigenvalue weighted by Crippen LogP contribution is -2.20. The summed E-state index contributed by atoms with van der Waals surface area (Å²) in [7, 11) is 0. The van der Waals surface area contributed by atoms with Crippen molar-refractivity contribution in [2.45, 2.75) is 39.8 Å². The van der Waals surface area contributed by atoms with Gasteiger partial charge in [0.15, 0.2) is 0 Å². The van der Waals surface area contributed by atoms with E-state index in [2.05, 4.69) is 34.4 Å². The van der Waals surface area contributed by atoms with Gasteiger partial charge in [0.05, 0.1) is 5.69 Å². The average Bonchev–Trinajstić information content (AvgIpc) is 2.90. The molecule has 0 spiro atoms. The standard InChI is InChI=1S/C13H23N3S/c1-11(2)7-14-8-13-15-12(10-17-13)9-16-5-3-4-6-16/h10-11,14H,3-9H2,1-2H3. The van der Waals surface area contributed by atoms with Crippen molar-refractivity contribution in [1.29, 1.82) is 0 Å². The van der Waals surface area contributed by atoms with Crippen molar-refractivity contribution in [2.75, 3.05) is 19.6 Å². The molecule has 3 nitrogen and oxygen atoms in total. The van der Waals surface area contributed by atoms with Gasteiger partial charge in [-0.2, -0.15) is 0 Å². The van der Waals surface area contributed by atoms with Crippen LogP contribution >= 0.6 is 11.3 Å². The zero-order chi connectivity index (χ0) is 12.1. The maximum Gasteiger partial charge on any atom is 0.107 e. The molecule has 4 heteroatoms. The summed E-state index contributed by atoms with van der Waals surface area (Å²) in [5.74, 6) is 0.707. The highest BCUT2D eigenvalue weighted by Crippen LogP contribution is 2.15. The Kier molecular flexibility index (Phi) is 4.95. The Balaban J connectivity index is 1.75. The van der Waals surface area contributed by atoms with Crippen molar-refractivity contribution in [3.63, 3.8) is 0 Å². The molecule has 0 atom stereocenters. The van der Waals surface area contributed by atoms with Crippen LogP contribution in [0.25, 0.3) is 0 Å². The predicted octanol–water partition coefficient (Wildman–Crippen LogP) is 2.48. The topological polar surface area (TPSA) is 28.2 Å². The van der Waals surface area contributed by atoms with Gasteiger partial charge in [-0.1, -0.05) is 13.8 Å². The minimum atomic E-state index is 0.707. The molecule has 17 heavy (non-hydrogen) atoms. The van der Waals surface area contributed by atoms with Gasteiger partial charge in [0.1, 0.15) is 5.01 Å². The third-order valence-electron chi connectivity index (χ3n) is 3.01. The average molecular weight is 253 g/mol. The molecule has 1 aromatic heterocycles. The van der Waals surface area contributed by atoms with E-state index in [1.165, 1.54) is 36.6 Å². The molecule has 96 valence electrons. The van der Waals surface area contributed by atoms with Gasteiger partial charge >= 0.3 is 0 Å². The molecule has 0 radical (unpaired) electrons. The third-order valence-corrected chi connectivity index (χ3v) is 3.91. The lowest BCUT2D eigenvalue weighted by molar-refractivity contribution is 0.327. The van der Waals surface area contributed by atoms with Crippen LogP contribution in [0.15, 0.2) is 5.38 Å². The molecule has 2 rings (SSSR count). The van der Waals surface area contributed by atoms with Gasteiger partial charge in [-0.25, -0.2) is 4.98 Å². The van der Waals surface area contributed by atoms with Crippen molar-refractivity contribution < 1.29 is 0 Å². The van der Waals surface area contributed by atoms with Gasteiger partial charge in [-0.05, 0) is 38.4 Å². The Morgan fingerprint density at radius 1 is 1.41 bits per heavy atom. The van der Waals surface area contributed by atoms with Gasteiger partial charge < -0.3 is 5.32 Å². The molecule has 1 saturated heterocycles. The van der Waals surface area contributed by atoms with E-state index in [0.717, 1.165) is 19.6 Å². The fraction of sp³-hybridized carbons (Fsp3) is 0.769.